The van der Waals surface area contributed by atoms with Crippen molar-refractivity contribution in [3.05, 3.63) is 41.5 Å². The molecule has 1 fully saturated rings. The predicted molar refractivity (Wildman–Crippen MR) is 90.8 cm³/mol. The van der Waals surface area contributed by atoms with Crippen LogP contribution >= 0.6 is 11.8 Å². The second-order valence-corrected chi connectivity index (χ2v) is 9.59. The van der Waals surface area contributed by atoms with Gasteiger partial charge in [0.25, 0.3) is 5.22 Å². The molecule has 0 aliphatic carbocycles. The highest BCUT2D eigenvalue weighted by Gasteiger charge is 2.29. The van der Waals surface area contributed by atoms with Crippen molar-refractivity contribution in [1.29, 1.82) is 0 Å². The topological polar surface area (TPSA) is 90.1 Å². The molecule has 6 nitrogen and oxygen atoms in total. The van der Waals surface area contributed by atoms with E-state index in [4.69, 9.17) is 4.42 Å². The highest BCUT2D eigenvalue weighted by atomic mass is 32.2. The van der Waals surface area contributed by atoms with Gasteiger partial charge in [-0.1, -0.05) is 11.8 Å². The number of aromatic nitrogens is 2. The van der Waals surface area contributed by atoms with E-state index in [0.717, 1.165) is 11.8 Å². The molecular weight excluding hydrogens is 367 g/mol. The van der Waals surface area contributed by atoms with Gasteiger partial charge in [0.1, 0.15) is 5.82 Å². The van der Waals surface area contributed by atoms with Crippen LogP contribution in [0.3, 0.4) is 0 Å². The van der Waals surface area contributed by atoms with Gasteiger partial charge < -0.3 is 4.42 Å². The van der Waals surface area contributed by atoms with E-state index >= 15 is 0 Å². The Kier molecular flexibility index (Phi) is 5.24. The lowest BCUT2D eigenvalue weighted by Crippen LogP contribution is -2.13. The number of Topliss-reactive ketones (excluding diaryl/α,β-unsaturated/α-hetero) is 1. The number of sulfone groups is 1. The van der Waals surface area contributed by atoms with E-state index in [-0.39, 0.29) is 28.4 Å². The van der Waals surface area contributed by atoms with Gasteiger partial charge in [0.05, 0.1) is 16.8 Å². The maximum atomic E-state index is 12.9. The molecule has 1 saturated heterocycles. The Bertz CT molecular complexity index is 865. The first-order chi connectivity index (χ1) is 11.8. The standard InChI is InChI=1S/C16H17FN2O4S2/c1-10(15(20)12-2-4-13(17)5-3-12)24-16-19-18-14(23-16)8-11-6-7-25(21,22)9-11/h2-5,10-11H,6-9H2,1H3. The number of benzene rings is 1. The summed E-state index contributed by atoms with van der Waals surface area (Å²) >= 11 is 1.13. The molecule has 134 valence electrons. The van der Waals surface area contributed by atoms with E-state index in [0.29, 0.717) is 24.3 Å². The Hall–Kier alpha value is -1.74. The highest BCUT2D eigenvalue weighted by Crippen LogP contribution is 2.27. The smallest absolute Gasteiger partial charge is 0.277 e. The monoisotopic (exact) mass is 384 g/mol. The van der Waals surface area contributed by atoms with Crippen molar-refractivity contribution in [2.24, 2.45) is 5.92 Å². The summed E-state index contributed by atoms with van der Waals surface area (Å²) < 4.78 is 41.4. The van der Waals surface area contributed by atoms with Crippen molar-refractivity contribution in [3.8, 4) is 0 Å². The van der Waals surface area contributed by atoms with Gasteiger partial charge in [0, 0.05) is 12.0 Å². The second-order valence-electron chi connectivity index (χ2n) is 6.07. The van der Waals surface area contributed by atoms with Crippen LogP contribution in [0.25, 0.3) is 0 Å². The molecule has 2 unspecified atom stereocenters. The van der Waals surface area contributed by atoms with Crippen molar-refractivity contribution in [1.82, 2.24) is 10.2 Å². The number of nitrogens with zero attached hydrogens (tertiary/aromatic N) is 2. The summed E-state index contributed by atoms with van der Waals surface area (Å²) in [4.78, 5) is 12.3. The average Bonchev–Trinajstić information content (AvgIpc) is 3.13. The van der Waals surface area contributed by atoms with Crippen LogP contribution in [0.2, 0.25) is 0 Å². The minimum Gasteiger partial charge on any atom is -0.416 e. The molecule has 1 aromatic heterocycles. The minimum absolute atomic E-state index is 0.00145. The summed E-state index contributed by atoms with van der Waals surface area (Å²) in [7, 11) is -2.94. The third-order valence-corrected chi connectivity index (χ3v) is 6.79. The van der Waals surface area contributed by atoms with Crippen molar-refractivity contribution in [2.45, 2.75) is 30.2 Å². The van der Waals surface area contributed by atoms with Crippen LogP contribution in [-0.2, 0) is 16.3 Å². The molecule has 2 atom stereocenters. The molecule has 0 N–H and O–H groups in total. The molecular formula is C16H17FN2O4S2. The molecule has 1 aliphatic rings. The first kappa shape index (κ1) is 18.1. The first-order valence-corrected chi connectivity index (χ1v) is 10.5. The van der Waals surface area contributed by atoms with E-state index in [9.17, 15) is 17.6 Å². The summed E-state index contributed by atoms with van der Waals surface area (Å²) in [5.41, 5.74) is 0.414. The fraction of sp³-hybridized carbons (Fsp3) is 0.438. The molecule has 0 amide bonds. The zero-order valence-electron chi connectivity index (χ0n) is 13.5. The molecule has 0 bridgehead atoms. The maximum absolute atomic E-state index is 12.9. The SMILES string of the molecule is CC(Sc1nnc(CC2CCS(=O)(=O)C2)o1)C(=O)c1ccc(F)cc1. The van der Waals surface area contributed by atoms with Crippen LogP contribution < -0.4 is 0 Å². The van der Waals surface area contributed by atoms with Gasteiger partial charge in [0.2, 0.25) is 5.89 Å². The van der Waals surface area contributed by atoms with E-state index in [1.165, 1.54) is 24.3 Å². The summed E-state index contributed by atoms with van der Waals surface area (Å²) in [6.45, 7) is 1.71. The van der Waals surface area contributed by atoms with Gasteiger partial charge >= 0.3 is 0 Å². The Morgan fingerprint density at radius 1 is 1.36 bits per heavy atom. The summed E-state index contributed by atoms with van der Waals surface area (Å²) in [5.74, 6) is 0.181. The average molecular weight is 384 g/mol. The van der Waals surface area contributed by atoms with Crippen LogP contribution in [0, 0.1) is 11.7 Å². The van der Waals surface area contributed by atoms with Gasteiger partial charge in [-0.05, 0) is 43.5 Å². The Labute approximate surface area is 149 Å². The van der Waals surface area contributed by atoms with Crippen LogP contribution in [0.1, 0.15) is 29.6 Å². The summed E-state index contributed by atoms with van der Waals surface area (Å²) in [6, 6.07) is 5.36. The summed E-state index contributed by atoms with van der Waals surface area (Å²) in [5, 5.41) is 7.64. The fourth-order valence-corrected chi connectivity index (χ4v) is 5.34. The summed E-state index contributed by atoms with van der Waals surface area (Å²) in [6.07, 6.45) is 1.03. The second kappa shape index (κ2) is 7.25. The molecule has 0 spiro atoms. The van der Waals surface area contributed by atoms with E-state index in [2.05, 4.69) is 10.2 Å². The number of ketones is 1. The number of thioether (sulfide) groups is 1. The number of hydrogen-bond acceptors (Lipinski definition) is 7. The van der Waals surface area contributed by atoms with Crippen LogP contribution in [0.5, 0.6) is 0 Å². The van der Waals surface area contributed by atoms with Crippen molar-refractivity contribution < 1.29 is 22.0 Å². The number of hydrogen-bond donors (Lipinski definition) is 0. The molecule has 9 heteroatoms. The molecule has 0 radical (unpaired) electrons. The van der Waals surface area contributed by atoms with E-state index in [1.807, 2.05) is 0 Å². The first-order valence-electron chi connectivity index (χ1n) is 7.81. The zero-order chi connectivity index (χ0) is 18.0. The van der Waals surface area contributed by atoms with Gasteiger partial charge in [-0.15, -0.1) is 10.2 Å². The Morgan fingerprint density at radius 2 is 2.08 bits per heavy atom. The molecule has 1 aromatic carbocycles. The van der Waals surface area contributed by atoms with Crippen LogP contribution in [-0.4, -0.2) is 41.2 Å². The predicted octanol–water partition coefficient (Wildman–Crippen LogP) is 2.55. The van der Waals surface area contributed by atoms with Crippen LogP contribution in [0.4, 0.5) is 4.39 Å². The lowest BCUT2D eigenvalue weighted by Gasteiger charge is -2.07. The lowest BCUT2D eigenvalue weighted by atomic mass is 10.1. The van der Waals surface area contributed by atoms with Gasteiger partial charge in [-0.25, -0.2) is 12.8 Å². The maximum Gasteiger partial charge on any atom is 0.277 e. The third-order valence-electron chi connectivity index (χ3n) is 4.01. The van der Waals surface area contributed by atoms with Crippen LogP contribution in [0.15, 0.2) is 33.9 Å². The molecule has 3 rings (SSSR count). The van der Waals surface area contributed by atoms with Crippen molar-refractivity contribution in [2.75, 3.05) is 11.5 Å². The lowest BCUT2D eigenvalue weighted by molar-refractivity contribution is 0.0993. The molecule has 0 saturated carbocycles. The minimum atomic E-state index is -2.94. The largest absolute Gasteiger partial charge is 0.416 e. The quantitative estimate of drug-likeness (QED) is 0.558. The number of carbonyl (C=O) groups excluding carboxylic acids is 1. The van der Waals surface area contributed by atoms with E-state index in [1.54, 1.807) is 6.92 Å². The highest BCUT2D eigenvalue weighted by molar-refractivity contribution is 8.00. The van der Waals surface area contributed by atoms with E-state index < -0.39 is 20.9 Å². The van der Waals surface area contributed by atoms with Crippen molar-refractivity contribution in [3.63, 3.8) is 0 Å². The Balaban J connectivity index is 1.59. The molecule has 2 heterocycles. The van der Waals surface area contributed by atoms with Gasteiger partial charge in [-0.2, -0.15) is 0 Å². The number of rotatable bonds is 6. The molecule has 1 aliphatic heterocycles. The zero-order valence-corrected chi connectivity index (χ0v) is 15.1. The fourth-order valence-electron chi connectivity index (χ4n) is 2.70. The third kappa shape index (κ3) is 4.66. The number of carbonyl (C=O) groups is 1. The molecule has 2 aromatic rings. The normalized spacial score (nSPS) is 20.5. The molecule has 25 heavy (non-hydrogen) atoms. The Morgan fingerprint density at radius 3 is 2.72 bits per heavy atom. The van der Waals surface area contributed by atoms with Gasteiger partial charge in [-0.3, -0.25) is 4.79 Å². The number of halogens is 1. The van der Waals surface area contributed by atoms with Crippen molar-refractivity contribution >= 4 is 27.4 Å². The van der Waals surface area contributed by atoms with Gasteiger partial charge in [0.15, 0.2) is 15.6 Å².